The first kappa shape index (κ1) is 14.7. The number of amides is 1. The molecule has 0 bridgehead atoms. The topological polar surface area (TPSA) is 58.2 Å². The Labute approximate surface area is 128 Å². The maximum Gasteiger partial charge on any atom is 0.274 e. The van der Waals surface area contributed by atoms with Gasteiger partial charge in [0, 0.05) is 19.5 Å². The van der Waals surface area contributed by atoms with Crippen molar-refractivity contribution in [3.8, 4) is 0 Å². The SMILES string of the molecule is Cc1nc(C(=O)N2CCOCC2)c(Cc2ccc(F)cc2)[nH]1. The molecule has 1 amide bonds. The Kier molecular flexibility index (Phi) is 4.20. The molecule has 0 saturated carbocycles. The summed E-state index contributed by atoms with van der Waals surface area (Å²) in [5.74, 6) is 0.354. The standard InChI is InChI=1S/C16H18FN3O2/c1-11-18-14(10-12-2-4-13(17)5-3-12)15(19-11)16(21)20-6-8-22-9-7-20/h2-5H,6-10H2,1H3,(H,18,19). The second-order valence-corrected chi connectivity index (χ2v) is 5.36. The lowest BCUT2D eigenvalue weighted by atomic mass is 10.1. The first-order valence-corrected chi connectivity index (χ1v) is 7.30. The van der Waals surface area contributed by atoms with E-state index < -0.39 is 0 Å². The summed E-state index contributed by atoms with van der Waals surface area (Å²) < 4.78 is 18.3. The van der Waals surface area contributed by atoms with Gasteiger partial charge in [0.05, 0.1) is 18.9 Å². The fourth-order valence-corrected chi connectivity index (χ4v) is 2.57. The fraction of sp³-hybridized carbons (Fsp3) is 0.375. The molecule has 0 atom stereocenters. The molecule has 1 aliphatic heterocycles. The third-order valence-electron chi connectivity index (χ3n) is 3.69. The predicted octanol–water partition coefficient (Wildman–Crippen LogP) is 1.92. The number of aromatic amines is 1. The van der Waals surface area contributed by atoms with Gasteiger partial charge in [0.2, 0.25) is 0 Å². The van der Waals surface area contributed by atoms with Crippen molar-refractivity contribution in [2.24, 2.45) is 0 Å². The van der Waals surface area contributed by atoms with Crippen LogP contribution in [0.25, 0.3) is 0 Å². The summed E-state index contributed by atoms with van der Waals surface area (Å²) in [6, 6.07) is 6.27. The van der Waals surface area contributed by atoms with Gasteiger partial charge in [0.1, 0.15) is 17.3 Å². The number of carbonyl (C=O) groups is 1. The Morgan fingerprint density at radius 2 is 2.00 bits per heavy atom. The van der Waals surface area contributed by atoms with E-state index in [1.807, 2.05) is 6.92 Å². The molecular formula is C16H18FN3O2. The highest BCUT2D eigenvalue weighted by atomic mass is 19.1. The molecule has 6 heteroatoms. The van der Waals surface area contributed by atoms with E-state index in [2.05, 4.69) is 9.97 Å². The number of aryl methyl sites for hydroxylation is 1. The Morgan fingerprint density at radius 3 is 2.68 bits per heavy atom. The highest BCUT2D eigenvalue weighted by Gasteiger charge is 2.24. The van der Waals surface area contributed by atoms with E-state index >= 15 is 0 Å². The zero-order valence-corrected chi connectivity index (χ0v) is 12.4. The maximum absolute atomic E-state index is 13.0. The van der Waals surface area contributed by atoms with Crippen molar-refractivity contribution in [1.82, 2.24) is 14.9 Å². The Balaban J connectivity index is 1.82. The molecule has 3 rings (SSSR count). The van der Waals surface area contributed by atoms with E-state index in [0.29, 0.717) is 44.2 Å². The summed E-state index contributed by atoms with van der Waals surface area (Å²) in [4.78, 5) is 21.8. The number of hydrogen-bond donors (Lipinski definition) is 1. The van der Waals surface area contributed by atoms with Crippen molar-refractivity contribution in [3.63, 3.8) is 0 Å². The normalized spacial score (nSPS) is 15.1. The van der Waals surface area contributed by atoms with Gasteiger partial charge in [-0.1, -0.05) is 12.1 Å². The van der Waals surface area contributed by atoms with Crippen molar-refractivity contribution < 1.29 is 13.9 Å². The van der Waals surface area contributed by atoms with Crippen LogP contribution < -0.4 is 0 Å². The zero-order chi connectivity index (χ0) is 15.5. The number of imidazole rings is 1. The number of nitrogens with zero attached hydrogens (tertiary/aromatic N) is 2. The van der Waals surface area contributed by atoms with Crippen LogP contribution in [-0.4, -0.2) is 47.1 Å². The molecule has 0 spiro atoms. The van der Waals surface area contributed by atoms with Gasteiger partial charge in [-0.2, -0.15) is 0 Å². The minimum Gasteiger partial charge on any atom is -0.378 e. The van der Waals surface area contributed by atoms with Crippen LogP contribution >= 0.6 is 0 Å². The van der Waals surface area contributed by atoms with Gasteiger partial charge < -0.3 is 14.6 Å². The van der Waals surface area contributed by atoms with Crippen LogP contribution in [0.5, 0.6) is 0 Å². The number of aromatic nitrogens is 2. The molecule has 0 radical (unpaired) electrons. The van der Waals surface area contributed by atoms with Crippen LogP contribution in [0.3, 0.4) is 0 Å². The van der Waals surface area contributed by atoms with Crippen LogP contribution in [0.4, 0.5) is 4.39 Å². The Morgan fingerprint density at radius 1 is 1.32 bits per heavy atom. The monoisotopic (exact) mass is 303 g/mol. The summed E-state index contributed by atoms with van der Waals surface area (Å²) in [7, 11) is 0. The average molecular weight is 303 g/mol. The molecule has 1 aliphatic rings. The summed E-state index contributed by atoms with van der Waals surface area (Å²) in [5.41, 5.74) is 2.14. The van der Waals surface area contributed by atoms with Gasteiger partial charge in [-0.15, -0.1) is 0 Å². The second-order valence-electron chi connectivity index (χ2n) is 5.36. The van der Waals surface area contributed by atoms with E-state index in [1.54, 1.807) is 17.0 Å². The van der Waals surface area contributed by atoms with Gasteiger partial charge >= 0.3 is 0 Å². The summed E-state index contributed by atoms with van der Waals surface area (Å²) in [6.07, 6.45) is 0.520. The Bertz CT molecular complexity index is 661. The van der Waals surface area contributed by atoms with Gasteiger partial charge in [-0.05, 0) is 24.6 Å². The third-order valence-corrected chi connectivity index (χ3v) is 3.69. The van der Waals surface area contributed by atoms with Crippen molar-refractivity contribution in [3.05, 3.63) is 52.9 Å². The number of carbonyl (C=O) groups excluding carboxylic acids is 1. The molecule has 116 valence electrons. The van der Waals surface area contributed by atoms with Crippen LogP contribution in [0.15, 0.2) is 24.3 Å². The van der Waals surface area contributed by atoms with Crippen LogP contribution in [0, 0.1) is 12.7 Å². The van der Waals surface area contributed by atoms with E-state index in [0.717, 1.165) is 11.3 Å². The number of halogens is 1. The average Bonchev–Trinajstić information content (AvgIpc) is 2.90. The van der Waals surface area contributed by atoms with Crippen molar-refractivity contribution in [1.29, 1.82) is 0 Å². The summed E-state index contributed by atoms with van der Waals surface area (Å²) in [5, 5.41) is 0. The van der Waals surface area contributed by atoms with Crippen LogP contribution in [0.2, 0.25) is 0 Å². The van der Waals surface area contributed by atoms with Crippen molar-refractivity contribution in [2.75, 3.05) is 26.3 Å². The minimum atomic E-state index is -0.269. The lowest BCUT2D eigenvalue weighted by Crippen LogP contribution is -2.41. The zero-order valence-electron chi connectivity index (χ0n) is 12.4. The van der Waals surface area contributed by atoms with Crippen molar-refractivity contribution >= 4 is 5.91 Å². The van der Waals surface area contributed by atoms with Gasteiger partial charge in [-0.3, -0.25) is 4.79 Å². The van der Waals surface area contributed by atoms with Gasteiger partial charge in [0.15, 0.2) is 0 Å². The molecule has 2 aromatic rings. The molecule has 1 aromatic carbocycles. The highest BCUT2D eigenvalue weighted by molar-refractivity contribution is 5.93. The molecule has 0 aliphatic carbocycles. The maximum atomic E-state index is 13.0. The third kappa shape index (κ3) is 3.17. The number of morpholine rings is 1. The summed E-state index contributed by atoms with van der Waals surface area (Å²) in [6.45, 7) is 4.11. The number of hydrogen-bond acceptors (Lipinski definition) is 3. The molecule has 22 heavy (non-hydrogen) atoms. The molecule has 2 heterocycles. The van der Waals surface area contributed by atoms with E-state index in [9.17, 15) is 9.18 Å². The summed E-state index contributed by atoms with van der Waals surface area (Å²) >= 11 is 0. The van der Waals surface area contributed by atoms with Crippen LogP contribution in [0.1, 0.15) is 27.6 Å². The van der Waals surface area contributed by atoms with Gasteiger partial charge in [-0.25, -0.2) is 9.37 Å². The van der Waals surface area contributed by atoms with Crippen LogP contribution in [-0.2, 0) is 11.2 Å². The number of benzene rings is 1. The smallest absolute Gasteiger partial charge is 0.274 e. The quantitative estimate of drug-likeness (QED) is 0.942. The number of rotatable bonds is 3. The molecule has 1 fully saturated rings. The molecule has 1 N–H and O–H groups in total. The lowest BCUT2D eigenvalue weighted by molar-refractivity contribution is 0.0298. The second kappa shape index (κ2) is 6.27. The molecule has 0 unspecified atom stereocenters. The minimum absolute atomic E-state index is 0.0789. The molecule has 5 nitrogen and oxygen atoms in total. The molecule has 1 aromatic heterocycles. The number of nitrogens with one attached hydrogen (secondary N) is 1. The fourth-order valence-electron chi connectivity index (χ4n) is 2.57. The first-order chi connectivity index (χ1) is 10.6. The number of H-pyrrole nitrogens is 1. The highest BCUT2D eigenvalue weighted by Crippen LogP contribution is 2.16. The Hall–Kier alpha value is -2.21. The first-order valence-electron chi connectivity index (χ1n) is 7.30. The largest absolute Gasteiger partial charge is 0.378 e. The molecular weight excluding hydrogens is 285 g/mol. The number of ether oxygens (including phenoxy) is 1. The van der Waals surface area contributed by atoms with Gasteiger partial charge in [0.25, 0.3) is 5.91 Å². The predicted molar refractivity (Wildman–Crippen MR) is 79.3 cm³/mol. The van der Waals surface area contributed by atoms with E-state index in [1.165, 1.54) is 12.1 Å². The molecule has 1 saturated heterocycles. The van der Waals surface area contributed by atoms with E-state index in [4.69, 9.17) is 4.74 Å². The van der Waals surface area contributed by atoms with E-state index in [-0.39, 0.29) is 11.7 Å². The van der Waals surface area contributed by atoms with Crippen molar-refractivity contribution in [2.45, 2.75) is 13.3 Å². The lowest BCUT2D eigenvalue weighted by Gasteiger charge is -2.26.